The Labute approximate surface area is 200 Å². The van der Waals surface area contributed by atoms with Gasteiger partial charge in [-0.15, -0.1) is 0 Å². The molecule has 1 unspecified atom stereocenters. The Bertz CT molecular complexity index is 1230. The van der Waals surface area contributed by atoms with Crippen molar-refractivity contribution in [2.75, 3.05) is 13.7 Å². The Morgan fingerprint density at radius 1 is 1.06 bits per heavy atom. The van der Waals surface area contributed by atoms with Crippen LogP contribution in [0.25, 0.3) is 0 Å². The number of carbonyl (C=O) groups is 3. The van der Waals surface area contributed by atoms with Gasteiger partial charge < -0.3 is 20.1 Å². The van der Waals surface area contributed by atoms with Crippen molar-refractivity contribution in [3.63, 3.8) is 0 Å². The summed E-state index contributed by atoms with van der Waals surface area (Å²) in [5, 5.41) is 5.34. The fourth-order valence-corrected chi connectivity index (χ4v) is 3.56. The monoisotopic (exact) mass is 478 g/mol. The minimum absolute atomic E-state index is 0.141. The highest BCUT2D eigenvalue weighted by Crippen LogP contribution is 2.30. The SMILES string of the molecule is COc1ccc(C2(C)NC(=O)N(CC(=O)NCc3ccc(Oc4ccc(F)cc4)nc3)C2=O)cc1. The van der Waals surface area contributed by atoms with Gasteiger partial charge in [-0.2, -0.15) is 0 Å². The summed E-state index contributed by atoms with van der Waals surface area (Å²) in [5.74, 6) is -0.0188. The number of rotatable bonds is 8. The number of carbonyl (C=O) groups excluding carboxylic acids is 3. The van der Waals surface area contributed by atoms with Gasteiger partial charge in [0.05, 0.1) is 7.11 Å². The van der Waals surface area contributed by atoms with E-state index in [4.69, 9.17) is 9.47 Å². The van der Waals surface area contributed by atoms with E-state index in [1.54, 1.807) is 43.3 Å². The first kappa shape index (κ1) is 23.7. The second-order valence-corrected chi connectivity index (χ2v) is 8.01. The second-order valence-electron chi connectivity index (χ2n) is 8.01. The zero-order valence-electron chi connectivity index (χ0n) is 19.1. The molecule has 4 amide bonds. The van der Waals surface area contributed by atoms with Crippen molar-refractivity contribution < 1.29 is 28.2 Å². The van der Waals surface area contributed by atoms with Gasteiger partial charge in [0.1, 0.15) is 29.4 Å². The predicted molar refractivity (Wildman–Crippen MR) is 123 cm³/mol. The molecule has 0 bridgehead atoms. The van der Waals surface area contributed by atoms with Crippen LogP contribution in [-0.2, 0) is 21.7 Å². The largest absolute Gasteiger partial charge is 0.497 e. The second kappa shape index (κ2) is 9.80. The molecule has 35 heavy (non-hydrogen) atoms. The fraction of sp³-hybridized carbons (Fsp3) is 0.200. The van der Waals surface area contributed by atoms with Gasteiger partial charge >= 0.3 is 6.03 Å². The van der Waals surface area contributed by atoms with Gasteiger partial charge in [0.15, 0.2) is 0 Å². The molecule has 1 aromatic heterocycles. The fourth-order valence-electron chi connectivity index (χ4n) is 3.56. The van der Waals surface area contributed by atoms with Crippen LogP contribution in [0.15, 0.2) is 66.9 Å². The van der Waals surface area contributed by atoms with E-state index in [0.717, 1.165) is 4.90 Å². The molecule has 2 N–H and O–H groups in total. The summed E-state index contributed by atoms with van der Waals surface area (Å²) in [6, 6.07) is 15.0. The van der Waals surface area contributed by atoms with Gasteiger partial charge in [-0.25, -0.2) is 14.2 Å². The molecular weight excluding hydrogens is 455 g/mol. The molecule has 0 saturated carbocycles. The zero-order valence-corrected chi connectivity index (χ0v) is 19.1. The van der Waals surface area contributed by atoms with Crippen molar-refractivity contribution in [1.82, 2.24) is 20.5 Å². The van der Waals surface area contributed by atoms with Crippen molar-refractivity contribution in [3.05, 3.63) is 83.8 Å². The smallest absolute Gasteiger partial charge is 0.325 e. The number of nitrogens with zero attached hydrogens (tertiary/aromatic N) is 2. The summed E-state index contributed by atoms with van der Waals surface area (Å²) in [5.41, 5.74) is -0.0212. The van der Waals surface area contributed by atoms with Crippen molar-refractivity contribution in [2.45, 2.75) is 19.0 Å². The van der Waals surface area contributed by atoms with Crippen LogP contribution in [0.2, 0.25) is 0 Å². The lowest BCUT2D eigenvalue weighted by atomic mass is 9.92. The van der Waals surface area contributed by atoms with Crippen LogP contribution in [0.5, 0.6) is 17.4 Å². The first-order valence-corrected chi connectivity index (χ1v) is 10.7. The summed E-state index contributed by atoms with van der Waals surface area (Å²) < 4.78 is 23.6. The van der Waals surface area contributed by atoms with Crippen molar-refractivity contribution in [3.8, 4) is 17.4 Å². The van der Waals surface area contributed by atoms with Crippen LogP contribution in [0, 0.1) is 5.82 Å². The van der Waals surface area contributed by atoms with E-state index >= 15 is 0 Å². The molecule has 1 aliphatic rings. The third kappa shape index (κ3) is 5.21. The molecule has 1 aliphatic heterocycles. The van der Waals surface area contributed by atoms with Crippen LogP contribution in [-0.4, -0.2) is 41.4 Å². The van der Waals surface area contributed by atoms with Crippen LogP contribution in [0.4, 0.5) is 9.18 Å². The van der Waals surface area contributed by atoms with Gasteiger partial charge in [-0.1, -0.05) is 18.2 Å². The molecule has 9 nitrogen and oxygen atoms in total. The Morgan fingerprint density at radius 3 is 2.37 bits per heavy atom. The molecule has 1 fully saturated rings. The molecule has 0 aliphatic carbocycles. The molecule has 10 heteroatoms. The van der Waals surface area contributed by atoms with E-state index < -0.39 is 29.9 Å². The van der Waals surface area contributed by atoms with E-state index in [9.17, 15) is 18.8 Å². The molecular formula is C25H23FN4O5. The minimum Gasteiger partial charge on any atom is -0.497 e. The van der Waals surface area contributed by atoms with E-state index in [-0.39, 0.29) is 12.4 Å². The number of nitrogens with one attached hydrogen (secondary N) is 2. The van der Waals surface area contributed by atoms with Gasteiger partial charge in [0.25, 0.3) is 5.91 Å². The van der Waals surface area contributed by atoms with Crippen LogP contribution in [0.1, 0.15) is 18.1 Å². The summed E-state index contributed by atoms with van der Waals surface area (Å²) in [6.45, 7) is 1.31. The number of imide groups is 1. The average molecular weight is 478 g/mol. The highest BCUT2D eigenvalue weighted by Gasteiger charge is 2.49. The quantitative estimate of drug-likeness (QED) is 0.482. The third-order valence-electron chi connectivity index (χ3n) is 5.57. The highest BCUT2D eigenvalue weighted by atomic mass is 19.1. The molecule has 3 aromatic rings. The number of methoxy groups -OCH3 is 1. The maximum atomic E-state index is 13.0. The lowest BCUT2D eigenvalue weighted by Gasteiger charge is -2.22. The van der Waals surface area contributed by atoms with Gasteiger partial charge in [-0.3, -0.25) is 14.5 Å². The number of urea groups is 1. The molecule has 0 radical (unpaired) electrons. The highest BCUT2D eigenvalue weighted by molar-refractivity contribution is 6.09. The normalized spacial score (nSPS) is 17.2. The lowest BCUT2D eigenvalue weighted by molar-refractivity contribution is -0.134. The Morgan fingerprint density at radius 2 is 1.74 bits per heavy atom. The van der Waals surface area contributed by atoms with Crippen molar-refractivity contribution in [1.29, 1.82) is 0 Å². The maximum absolute atomic E-state index is 13.0. The van der Waals surface area contributed by atoms with E-state index in [1.807, 2.05) is 0 Å². The topological polar surface area (TPSA) is 110 Å². The minimum atomic E-state index is -1.28. The number of halogens is 1. The van der Waals surface area contributed by atoms with Crippen LogP contribution in [0.3, 0.4) is 0 Å². The summed E-state index contributed by atoms with van der Waals surface area (Å²) in [6.07, 6.45) is 1.52. The molecule has 2 heterocycles. The van der Waals surface area contributed by atoms with E-state index in [1.165, 1.54) is 37.6 Å². The van der Waals surface area contributed by atoms with Crippen molar-refractivity contribution in [2.24, 2.45) is 0 Å². The first-order chi connectivity index (χ1) is 16.8. The molecule has 2 aromatic carbocycles. The van der Waals surface area contributed by atoms with E-state index in [2.05, 4.69) is 15.6 Å². The Hall–Kier alpha value is -4.47. The number of hydrogen-bond donors (Lipinski definition) is 2. The number of ether oxygens (including phenoxy) is 2. The summed E-state index contributed by atoms with van der Waals surface area (Å²) in [7, 11) is 1.53. The van der Waals surface area contributed by atoms with Crippen LogP contribution >= 0.6 is 0 Å². The summed E-state index contributed by atoms with van der Waals surface area (Å²) in [4.78, 5) is 43.0. The van der Waals surface area contributed by atoms with E-state index in [0.29, 0.717) is 28.5 Å². The maximum Gasteiger partial charge on any atom is 0.325 e. The van der Waals surface area contributed by atoms with Gasteiger partial charge in [0, 0.05) is 18.8 Å². The molecule has 180 valence electrons. The average Bonchev–Trinajstić information content (AvgIpc) is 3.08. The van der Waals surface area contributed by atoms with Gasteiger partial charge in [-0.05, 0) is 54.4 Å². The molecule has 1 atom stereocenters. The molecule has 1 saturated heterocycles. The lowest BCUT2D eigenvalue weighted by Crippen LogP contribution is -2.43. The number of pyridine rings is 1. The number of amides is 4. The molecule has 0 spiro atoms. The number of aromatic nitrogens is 1. The standard InChI is InChI=1S/C25H23FN4O5/c1-25(17-4-8-19(34-2)9-5-17)23(32)30(24(33)29-25)15-21(31)27-13-16-3-12-22(28-14-16)35-20-10-6-18(26)7-11-20/h3-12,14H,13,15H2,1-2H3,(H,27,31)(H,29,33). The molecule has 4 rings (SSSR count). The number of hydrogen-bond acceptors (Lipinski definition) is 6. The summed E-state index contributed by atoms with van der Waals surface area (Å²) >= 11 is 0. The zero-order chi connectivity index (χ0) is 25.0. The Balaban J connectivity index is 1.32. The Kier molecular flexibility index (Phi) is 6.63. The third-order valence-corrected chi connectivity index (χ3v) is 5.57. The first-order valence-electron chi connectivity index (χ1n) is 10.7. The van der Waals surface area contributed by atoms with Gasteiger partial charge in [0.2, 0.25) is 11.8 Å². The number of benzene rings is 2. The predicted octanol–water partition coefficient (Wildman–Crippen LogP) is 3.11. The van der Waals surface area contributed by atoms with Crippen LogP contribution < -0.4 is 20.1 Å². The van der Waals surface area contributed by atoms with Crippen molar-refractivity contribution >= 4 is 17.8 Å².